The van der Waals surface area contributed by atoms with E-state index in [2.05, 4.69) is 15.3 Å². The Morgan fingerprint density at radius 2 is 1.30 bits per heavy atom. The number of carboxylic acids is 2. The van der Waals surface area contributed by atoms with Crippen LogP contribution in [0.25, 0.3) is 0 Å². The van der Waals surface area contributed by atoms with Gasteiger partial charge in [0, 0.05) is 13.1 Å². The SMILES string of the molecule is NC(N)=NCCC[C@H](NC(=O)[C@@H](N)CCCN=C(N)N)C(=O)O.O=C(O)C(F)(F)F. The first kappa shape index (κ1) is 28.9. The lowest BCUT2D eigenvalue weighted by molar-refractivity contribution is -0.192. The molecule has 0 saturated carbocycles. The Labute approximate surface area is 169 Å². The number of nitrogens with zero attached hydrogens (tertiary/aromatic N) is 2. The third-order valence-electron chi connectivity index (χ3n) is 3.11. The molecule has 0 unspecified atom stereocenters. The highest BCUT2D eigenvalue weighted by Crippen LogP contribution is 2.13. The minimum absolute atomic E-state index is 0.0326. The van der Waals surface area contributed by atoms with Crippen LogP contribution < -0.4 is 34.0 Å². The van der Waals surface area contributed by atoms with E-state index in [4.69, 9.17) is 43.7 Å². The first-order valence-electron chi connectivity index (χ1n) is 8.38. The maximum Gasteiger partial charge on any atom is 0.490 e. The van der Waals surface area contributed by atoms with Crippen molar-refractivity contribution in [1.82, 2.24) is 5.32 Å². The molecular formula is C14H27F3N8O5. The lowest BCUT2D eigenvalue weighted by Crippen LogP contribution is -2.48. The van der Waals surface area contributed by atoms with Gasteiger partial charge in [0.25, 0.3) is 0 Å². The van der Waals surface area contributed by atoms with Crippen LogP contribution in [0.1, 0.15) is 25.7 Å². The van der Waals surface area contributed by atoms with E-state index in [0.29, 0.717) is 25.8 Å². The van der Waals surface area contributed by atoms with Gasteiger partial charge in [0.1, 0.15) is 6.04 Å². The summed E-state index contributed by atoms with van der Waals surface area (Å²) in [7, 11) is 0. The van der Waals surface area contributed by atoms with Crippen molar-refractivity contribution in [3.05, 3.63) is 0 Å². The number of nitrogens with two attached hydrogens (primary N) is 5. The van der Waals surface area contributed by atoms with Gasteiger partial charge in [-0.3, -0.25) is 14.8 Å². The van der Waals surface area contributed by atoms with Crippen molar-refractivity contribution in [2.75, 3.05) is 13.1 Å². The molecule has 0 aliphatic rings. The Balaban J connectivity index is 0. The molecule has 0 rings (SSSR count). The van der Waals surface area contributed by atoms with Gasteiger partial charge in [0.15, 0.2) is 11.9 Å². The lowest BCUT2D eigenvalue weighted by atomic mass is 10.1. The predicted molar refractivity (Wildman–Crippen MR) is 101 cm³/mol. The number of halogens is 3. The zero-order valence-electron chi connectivity index (χ0n) is 15.9. The van der Waals surface area contributed by atoms with Crippen molar-refractivity contribution < 1.29 is 37.8 Å². The number of carbonyl (C=O) groups excluding carboxylic acids is 1. The summed E-state index contributed by atoms with van der Waals surface area (Å²) >= 11 is 0. The van der Waals surface area contributed by atoms with Crippen molar-refractivity contribution in [3.8, 4) is 0 Å². The van der Waals surface area contributed by atoms with Crippen LogP contribution >= 0.6 is 0 Å². The molecule has 30 heavy (non-hydrogen) atoms. The normalized spacial score (nSPS) is 12.4. The first-order valence-corrected chi connectivity index (χ1v) is 8.38. The van der Waals surface area contributed by atoms with Gasteiger partial charge in [0.2, 0.25) is 5.91 Å². The molecule has 0 heterocycles. The summed E-state index contributed by atoms with van der Waals surface area (Å²) < 4.78 is 31.7. The van der Waals surface area contributed by atoms with Crippen molar-refractivity contribution in [2.45, 2.75) is 43.9 Å². The van der Waals surface area contributed by atoms with Gasteiger partial charge in [0.05, 0.1) is 6.04 Å². The fourth-order valence-electron chi connectivity index (χ4n) is 1.69. The molecule has 16 heteroatoms. The highest BCUT2D eigenvalue weighted by Gasteiger charge is 2.38. The Hall–Kier alpha value is -3.30. The minimum Gasteiger partial charge on any atom is -0.480 e. The van der Waals surface area contributed by atoms with Crippen LogP contribution in [-0.2, 0) is 14.4 Å². The first-order chi connectivity index (χ1) is 13.7. The second kappa shape index (κ2) is 14.7. The molecule has 13 N–H and O–H groups in total. The molecule has 0 aliphatic carbocycles. The summed E-state index contributed by atoms with van der Waals surface area (Å²) in [6.45, 7) is 0.636. The number of alkyl halides is 3. The second-order valence-electron chi connectivity index (χ2n) is 5.71. The zero-order valence-corrected chi connectivity index (χ0v) is 15.9. The quantitative estimate of drug-likeness (QED) is 0.0953. The standard InChI is InChI=1S/C12H26N8O3.C2HF3O2/c13-7(3-1-5-18-11(14)15)9(21)20-8(10(22)23)4-2-6-19-12(16)17;3-2(4,5)1(6)7/h7-8H,1-6,13H2,(H,20,21)(H,22,23)(H4,14,15,18)(H4,16,17,19);(H,6,7)/t7-,8-;/m0./s1. The second-order valence-corrected chi connectivity index (χ2v) is 5.71. The summed E-state index contributed by atoms with van der Waals surface area (Å²) in [5.74, 6) is -4.54. The fraction of sp³-hybridized carbons (Fsp3) is 0.643. The van der Waals surface area contributed by atoms with E-state index in [-0.39, 0.29) is 24.9 Å². The van der Waals surface area contributed by atoms with Crippen LogP contribution in [0.4, 0.5) is 13.2 Å². The van der Waals surface area contributed by atoms with Crippen LogP contribution in [0.3, 0.4) is 0 Å². The van der Waals surface area contributed by atoms with Crippen molar-refractivity contribution in [3.63, 3.8) is 0 Å². The smallest absolute Gasteiger partial charge is 0.480 e. The highest BCUT2D eigenvalue weighted by atomic mass is 19.4. The van der Waals surface area contributed by atoms with E-state index >= 15 is 0 Å². The molecule has 0 aromatic carbocycles. The molecule has 174 valence electrons. The van der Waals surface area contributed by atoms with Crippen LogP contribution in [0.2, 0.25) is 0 Å². The highest BCUT2D eigenvalue weighted by molar-refractivity contribution is 5.86. The third-order valence-corrected chi connectivity index (χ3v) is 3.11. The molecule has 0 bridgehead atoms. The number of amides is 1. The van der Waals surface area contributed by atoms with Crippen molar-refractivity contribution >= 4 is 29.8 Å². The average Bonchev–Trinajstić information content (AvgIpc) is 2.59. The van der Waals surface area contributed by atoms with E-state index in [1.54, 1.807) is 0 Å². The number of carboxylic acid groups (broad SMARTS) is 2. The number of guanidine groups is 2. The van der Waals surface area contributed by atoms with Crippen molar-refractivity contribution in [2.24, 2.45) is 38.7 Å². The molecular weight excluding hydrogens is 417 g/mol. The maximum absolute atomic E-state index is 11.9. The van der Waals surface area contributed by atoms with E-state index in [9.17, 15) is 22.8 Å². The summed E-state index contributed by atoms with van der Waals surface area (Å²) in [4.78, 5) is 39.4. The molecule has 0 aromatic rings. The van der Waals surface area contributed by atoms with Gasteiger partial charge in [-0.05, 0) is 25.7 Å². The van der Waals surface area contributed by atoms with Crippen LogP contribution in [0.15, 0.2) is 9.98 Å². The topological polar surface area (TPSA) is 259 Å². The van der Waals surface area contributed by atoms with Gasteiger partial charge in [-0.25, -0.2) is 9.59 Å². The fourth-order valence-corrected chi connectivity index (χ4v) is 1.69. The average molecular weight is 444 g/mol. The molecule has 13 nitrogen and oxygen atoms in total. The van der Waals surface area contributed by atoms with Crippen LogP contribution in [0, 0.1) is 0 Å². The number of rotatable bonds is 11. The predicted octanol–water partition coefficient (Wildman–Crippen LogP) is -2.38. The molecule has 0 fully saturated rings. The number of hydrogen-bond acceptors (Lipinski definition) is 6. The van der Waals surface area contributed by atoms with Crippen LogP contribution in [0.5, 0.6) is 0 Å². The number of aliphatic imine (C=N–C) groups is 2. The number of carbonyl (C=O) groups is 3. The molecule has 0 radical (unpaired) electrons. The van der Waals surface area contributed by atoms with E-state index in [1.165, 1.54) is 0 Å². The Kier molecular flexibility index (Phi) is 14.1. The summed E-state index contributed by atoms with van der Waals surface area (Å²) in [6, 6.07) is -1.87. The van der Waals surface area contributed by atoms with E-state index < -0.39 is 36.1 Å². The summed E-state index contributed by atoms with van der Waals surface area (Å²) in [5.41, 5.74) is 26.4. The number of aliphatic carboxylic acids is 2. The van der Waals surface area contributed by atoms with Gasteiger partial charge in [-0.1, -0.05) is 0 Å². The molecule has 0 saturated heterocycles. The molecule has 0 aliphatic heterocycles. The molecule has 1 amide bonds. The monoisotopic (exact) mass is 444 g/mol. The zero-order chi connectivity index (χ0) is 23.9. The third kappa shape index (κ3) is 16.8. The van der Waals surface area contributed by atoms with Crippen LogP contribution in [-0.4, -0.2) is 71.3 Å². The maximum atomic E-state index is 11.9. The Morgan fingerprint density at radius 1 is 0.900 bits per heavy atom. The Bertz CT molecular complexity index is 619. The van der Waals surface area contributed by atoms with Gasteiger partial charge in [-0.15, -0.1) is 0 Å². The van der Waals surface area contributed by atoms with E-state index in [0.717, 1.165) is 0 Å². The molecule has 2 atom stereocenters. The molecule has 0 spiro atoms. The molecule has 0 aromatic heterocycles. The van der Waals surface area contributed by atoms with Crippen molar-refractivity contribution in [1.29, 1.82) is 0 Å². The van der Waals surface area contributed by atoms with E-state index in [1.807, 2.05) is 0 Å². The lowest BCUT2D eigenvalue weighted by Gasteiger charge is -2.17. The largest absolute Gasteiger partial charge is 0.490 e. The van der Waals surface area contributed by atoms with Gasteiger partial charge in [-0.2, -0.15) is 13.2 Å². The van der Waals surface area contributed by atoms with Gasteiger partial charge < -0.3 is 44.2 Å². The number of hydrogen-bond donors (Lipinski definition) is 8. The Morgan fingerprint density at radius 3 is 1.63 bits per heavy atom. The van der Waals surface area contributed by atoms with Gasteiger partial charge >= 0.3 is 18.1 Å². The summed E-state index contributed by atoms with van der Waals surface area (Å²) in [5, 5.41) is 18.6. The minimum atomic E-state index is -5.08. The number of nitrogens with one attached hydrogen (secondary N) is 1. The summed E-state index contributed by atoms with van der Waals surface area (Å²) in [6.07, 6.45) is -3.63.